The van der Waals surface area contributed by atoms with Crippen LogP contribution >= 0.6 is 11.3 Å². The van der Waals surface area contributed by atoms with Crippen LogP contribution in [0.4, 0.5) is 5.69 Å². The van der Waals surface area contributed by atoms with Gasteiger partial charge in [0.1, 0.15) is 0 Å². The Balaban J connectivity index is 1.90. The zero-order chi connectivity index (χ0) is 11.0. The number of nitrogens with two attached hydrogens (primary N) is 1. The highest BCUT2D eigenvalue weighted by atomic mass is 32.1. The lowest BCUT2D eigenvalue weighted by atomic mass is 10.2. The third-order valence-electron chi connectivity index (χ3n) is 3.22. The first-order valence-corrected chi connectivity index (χ1v) is 6.64. The van der Waals surface area contributed by atoms with Crippen LogP contribution in [0.25, 0.3) is 10.1 Å². The van der Waals surface area contributed by atoms with Crippen LogP contribution in [-0.2, 0) is 6.54 Å². The van der Waals surface area contributed by atoms with Crippen molar-refractivity contribution in [2.45, 2.75) is 19.4 Å². The van der Waals surface area contributed by atoms with Gasteiger partial charge in [-0.25, -0.2) is 0 Å². The number of nitrogen functional groups attached to an aromatic ring is 1. The molecule has 3 rings (SSSR count). The van der Waals surface area contributed by atoms with E-state index in [0.29, 0.717) is 0 Å². The fourth-order valence-electron chi connectivity index (χ4n) is 2.38. The fourth-order valence-corrected chi connectivity index (χ4v) is 3.51. The summed E-state index contributed by atoms with van der Waals surface area (Å²) in [7, 11) is 0. The maximum atomic E-state index is 5.97. The molecular weight excluding hydrogens is 216 g/mol. The zero-order valence-electron chi connectivity index (χ0n) is 9.28. The van der Waals surface area contributed by atoms with Crippen LogP contribution in [0.3, 0.4) is 0 Å². The van der Waals surface area contributed by atoms with E-state index < -0.39 is 0 Å². The number of likely N-dealkylation sites (tertiary alicyclic amines) is 1. The summed E-state index contributed by atoms with van der Waals surface area (Å²) >= 11 is 1.88. The summed E-state index contributed by atoms with van der Waals surface area (Å²) in [5, 5.41) is 1.22. The Hall–Kier alpha value is -1.06. The lowest BCUT2D eigenvalue weighted by Gasteiger charge is -2.12. The van der Waals surface area contributed by atoms with Gasteiger partial charge in [-0.05, 0) is 44.1 Å². The van der Waals surface area contributed by atoms with Gasteiger partial charge in [0, 0.05) is 27.2 Å². The number of fused-ring (bicyclic) bond motifs is 1. The predicted molar refractivity (Wildman–Crippen MR) is 70.7 cm³/mol. The molecule has 0 spiro atoms. The second-order valence-corrected chi connectivity index (χ2v) is 5.62. The predicted octanol–water partition coefficient (Wildman–Crippen LogP) is 3.08. The summed E-state index contributed by atoms with van der Waals surface area (Å²) in [5.74, 6) is 0. The number of hydrogen-bond donors (Lipinski definition) is 1. The molecule has 0 unspecified atom stereocenters. The van der Waals surface area contributed by atoms with Crippen molar-refractivity contribution in [3.05, 3.63) is 29.1 Å². The second-order valence-electron chi connectivity index (χ2n) is 4.46. The smallest absolute Gasteiger partial charge is 0.0402 e. The molecule has 1 fully saturated rings. The van der Waals surface area contributed by atoms with Gasteiger partial charge in [0.2, 0.25) is 0 Å². The molecule has 84 valence electrons. The molecule has 0 aliphatic carbocycles. The number of benzene rings is 1. The molecule has 2 aromatic rings. The van der Waals surface area contributed by atoms with Crippen molar-refractivity contribution < 1.29 is 0 Å². The average Bonchev–Trinajstić information content (AvgIpc) is 2.88. The molecule has 2 nitrogen and oxygen atoms in total. The summed E-state index contributed by atoms with van der Waals surface area (Å²) in [5.41, 5.74) is 6.87. The van der Waals surface area contributed by atoms with E-state index in [-0.39, 0.29) is 0 Å². The monoisotopic (exact) mass is 232 g/mol. The lowest BCUT2D eigenvalue weighted by Crippen LogP contribution is -2.17. The number of rotatable bonds is 2. The molecule has 0 saturated carbocycles. The van der Waals surface area contributed by atoms with Crippen LogP contribution in [-0.4, -0.2) is 18.0 Å². The largest absolute Gasteiger partial charge is 0.398 e. The SMILES string of the molecule is Nc1cccc2sc(CN3CCCC3)cc12. The molecule has 3 heteroatoms. The van der Waals surface area contributed by atoms with Gasteiger partial charge in [0.25, 0.3) is 0 Å². The van der Waals surface area contributed by atoms with E-state index in [1.807, 2.05) is 23.5 Å². The molecule has 0 atom stereocenters. The van der Waals surface area contributed by atoms with E-state index in [4.69, 9.17) is 5.73 Å². The Bertz CT molecular complexity index is 498. The van der Waals surface area contributed by atoms with E-state index >= 15 is 0 Å². The van der Waals surface area contributed by atoms with Crippen LogP contribution in [0.15, 0.2) is 24.3 Å². The minimum absolute atomic E-state index is 0.904. The summed E-state index contributed by atoms with van der Waals surface area (Å²) in [6.07, 6.45) is 2.71. The highest BCUT2D eigenvalue weighted by molar-refractivity contribution is 7.19. The molecule has 2 N–H and O–H groups in total. The van der Waals surface area contributed by atoms with E-state index in [1.165, 1.54) is 40.9 Å². The molecule has 0 radical (unpaired) electrons. The van der Waals surface area contributed by atoms with Crippen molar-refractivity contribution in [2.75, 3.05) is 18.8 Å². The van der Waals surface area contributed by atoms with E-state index in [0.717, 1.165) is 12.2 Å². The highest BCUT2D eigenvalue weighted by Gasteiger charge is 2.13. The Labute approximate surface area is 99.7 Å². The standard InChI is InChI=1S/C13H16N2S/c14-12-4-3-5-13-11(12)8-10(16-13)9-15-6-1-2-7-15/h3-5,8H,1-2,6-7,9,14H2. The molecule has 1 saturated heterocycles. The normalized spacial score (nSPS) is 17.2. The highest BCUT2D eigenvalue weighted by Crippen LogP contribution is 2.30. The molecule has 0 amide bonds. The molecule has 1 aliphatic rings. The molecule has 2 heterocycles. The van der Waals surface area contributed by atoms with E-state index in [2.05, 4.69) is 17.0 Å². The molecule has 1 aromatic heterocycles. The first-order chi connectivity index (χ1) is 7.83. The van der Waals surface area contributed by atoms with Gasteiger partial charge in [0.15, 0.2) is 0 Å². The van der Waals surface area contributed by atoms with Gasteiger partial charge in [-0.1, -0.05) is 6.07 Å². The zero-order valence-corrected chi connectivity index (χ0v) is 10.1. The molecule has 1 aliphatic heterocycles. The third kappa shape index (κ3) is 1.81. The number of nitrogens with zero attached hydrogens (tertiary/aromatic N) is 1. The quantitative estimate of drug-likeness (QED) is 0.806. The average molecular weight is 232 g/mol. The topological polar surface area (TPSA) is 29.3 Å². The van der Waals surface area contributed by atoms with Gasteiger partial charge in [0.05, 0.1) is 0 Å². The maximum absolute atomic E-state index is 5.97. The summed E-state index contributed by atoms with van der Waals surface area (Å²) < 4.78 is 1.31. The fraction of sp³-hybridized carbons (Fsp3) is 0.385. The van der Waals surface area contributed by atoms with Gasteiger partial charge in [-0.3, -0.25) is 4.90 Å². The van der Waals surface area contributed by atoms with Gasteiger partial charge in [-0.2, -0.15) is 0 Å². The Morgan fingerprint density at radius 3 is 2.81 bits per heavy atom. The number of hydrogen-bond acceptors (Lipinski definition) is 3. The van der Waals surface area contributed by atoms with E-state index in [9.17, 15) is 0 Å². The summed E-state index contributed by atoms with van der Waals surface area (Å²) in [6, 6.07) is 8.43. The minimum Gasteiger partial charge on any atom is -0.398 e. The van der Waals surface area contributed by atoms with Crippen molar-refractivity contribution in [3.63, 3.8) is 0 Å². The van der Waals surface area contributed by atoms with Gasteiger partial charge < -0.3 is 5.73 Å². The van der Waals surface area contributed by atoms with Gasteiger partial charge in [-0.15, -0.1) is 11.3 Å². The van der Waals surface area contributed by atoms with E-state index in [1.54, 1.807) is 0 Å². The number of thiophene rings is 1. The minimum atomic E-state index is 0.904. The second kappa shape index (κ2) is 4.07. The Kier molecular flexibility index (Phi) is 2.58. The van der Waals surface area contributed by atoms with Crippen molar-refractivity contribution in [3.8, 4) is 0 Å². The Morgan fingerprint density at radius 2 is 2.06 bits per heavy atom. The van der Waals surface area contributed by atoms with Crippen molar-refractivity contribution in [1.82, 2.24) is 4.90 Å². The molecule has 16 heavy (non-hydrogen) atoms. The van der Waals surface area contributed by atoms with Crippen LogP contribution in [0.1, 0.15) is 17.7 Å². The summed E-state index contributed by atoms with van der Waals surface area (Å²) in [4.78, 5) is 3.97. The van der Waals surface area contributed by atoms with Crippen LogP contribution in [0, 0.1) is 0 Å². The van der Waals surface area contributed by atoms with Crippen molar-refractivity contribution in [1.29, 1.82) is 0 Å². The number of anilines is 1. The maximum Gasteiger partial charge on any atom is 0.0402 e. The van der Waals surface area contributed by atoms with Crippen LogP contribution in [0.5, 0.6) is 0 Å². The van der Waals surface area contributed by atoms with Crippen molar-refractivity contribution >= 4 is 27.1 Å². The third-order valence-corrected chi connectivity index (χ3v) is 4.31. The van der Waals surface area contributed by atoms with Crippen LogP contribution in [0.2, 0.25) is 0 Å². The first kappa shape index (κ1) is 10.1. The lowest BCUT2D eigenvalue weighted by molar-refractivity contribution is 0.334. The van der Waals surface area contributed by atoms with Crippen molar-refractivity contribution in [2.24, 2.45) is 0 Å². The van der Waals surface area contributed by atoms with Gasteiger partial charge >= 0.3 is 0 Å². The molecule has 1 aromatic carbocycles. The van der Waals surface area contributed by atoms with Crippen LogP contribution < -0.4 is 5.73 Å². The Morgan fingerprint density at radius 1 is 1.25 bits per heavy atom. The first-order valence-electron chi connectivity index (χ1n) is 5.82. The molecular formula is C13H16N2S. The molecule has 0 bridgehead atoms. The summed E-state index contributed by atoms with van der Waals surface area (Å²) in [6.45, 7) is 3.60.